The molecule has 0 radical (unpaired) electrons. The summed E-state index contributed by atoms with van der Waals surface area (Å²) in [7, 11) is 0. The molecule has 1 aromatic heterocycles. The second kappa shape index (κ2) is 5.29. The van der Waals surface area contributed by atoms with Crippen LogP contribution in [0.4, 0.5) is 11.5 Å². The molecule has 23 heavy (non-hydrogen) atoms. The number of nitrogens with zero attached hydrogens (tertiary/aromatic N) is 4. The molecule has 5 aliphatic rings. The van der Waals surface area contributed by atoms with Crippen molar-refractivity contribution in [2.75, 3.05) is 36.1 Å². The Labute approximate surface area is 135 Å². The first-order valence-electron chi connectivity index (χ1n) is 8.65. The van der Waals surface area contributed by atoms with Crippen molar-refractivity contribution < 1.29 is 9.47 Å². The monoisotopic (exact) mass is 317 g/mol. The summed E-state index contributed by atoms with van der Waals surface area (Å²) in [5, 5.41) is 8.88. The molecular formula is C16H23N5O2. The molecule has 2 N–H and O–H groups in total. The number of hydrogen-bond donors (Lipinski definition) is 1. The summed E-state index contributed by atoms with van der Waals surface area (Å²) in [6, 6.07) is 3.10. The summed E-state index contributed by atoms with van der Waals surface area (Å²) >= 11 is 0. The summed E-state index contributed by atoms with van der Waals surface area (Å²) in [6.45, 7) is 3.87. The van der Waals surface area contributed by atoms with E-state index in [1.54, 1.807) is 0 Å². The van der Waals surface area contributed by atoms with Gasteiger partial charge in [-0.15, -0.1) is 10.2 Å². The van der Waals surface area contributed by atoms with Crippen molar-refractivity contribution in [2.45, 2.75) is 50.1 Å². The Morgan fingerprint density at radius 1 is 1.13 bits per heavy atom. The van der Waals surface area contributed by atoms with Gasteiger partial charge >= 0.3 is 0 Å². The number of fused-ring (bicyclic) bond motifs is 4. The van der Waals surface area contributed by atoms with E-state index < -0.39 is 0 Å². The van der Waals surface area contributed by atoms with E-state index in [1.165, 1.54) is 19.3 Å². The molecule has 4 bridgehead atoms. The molecule has 124 valence electrons. The number of hydrogen-bond acceptors (Lipinski definition) is 7. The van der Waals surface area contributed by atoms with E-state index in [9.17, 15) is 0 Å². The van der Waals surface area contributed by atoms with Gasteiger partial charge in [0.1, 0.15) is 5.69 Å². The van der Waals surface area contributed by atoms with E-state index in [-0.39, 0.29) is 0 Å². The summed E-state index contributed by atoms with van der Waals surface area (Å²) in [4.78, 5) is 4.80. The summed E-state index contributed by atoms with van der Waals surface area (Å²) in [5.41, 5.74) is 7.99. The molecule has 0 amide bonds. The first kappa shape index (κ1) is 13.9. The highest BCUT2D eigenvalue weighted by Gasteiger charge is 2.41. The van der Waals surface area contributed by atoms with E-state index >= 15 is 0 Å². The fourth-order valence-electron chi connectivity index (χ4n) is 4.49. The zero-order valence-corrected chi connectivity index (χ0v) is 13.2. The zero-order valence-electron chi connectivity index (χ0n) is 13.2. The van der Waals surface area contributed by atoms with Gasteiger partial charge in [-0.3, -0.25) is 0 Å². The minimum absolute atomic E-state index is 0.368. The van der Waals surface area contributed by atoms with Gasteiger partial charge in [0.2, 0.25) is 0 Å². The number of morpholine rings is 2. The highest BCUT2D eigenvalue weighted by molar-refractivity contribution is 5.60. The third-order valence-electron chi connectivity index (χ3n) is 5.63. The van der Waals surface area contributed by atoms with Crippen molar-refractivity contribution in [3.63, 3.8) is 0 Å². The van der Waals surface area contributed by atoms with Crippen LogP contribution >= 0.6 is 0 Å². The van der Waals surface area contributed by atoms with Crippen LogP contribution in [0.5, 0.6) is 0 Å². The van der Waals surface area contributed by atoms with E-state index in [1.807, 2.05) is 0 Å². The summed E-state index contributed by atoms with van der Waals surface area (Å²) < 4.78 is 11.4. The number of nitrogens with two attached hydrogens (primary N) is 1. The molecule has 5 saturated heterocycles. The Balaban J connectivity index is 1.48. The normalized spacial score (nSPS) is 35.3. The molecule has 0 aliphatic carbocycles. The molecule has 5 aliphatic heterocycles. The molecule has 0 aromatic carbocycles. The fourth-order valence-corrected chi connectivity index (χ4v) is 4.49. The van der Waals surface area contributed by atoms with Crippen LogP contribution in [0.2, 0.25) is 0 Å². The van der Waals surface area contributed by atoms with Gasteiger partial charge in [0.05, 0.1) is 43.2 Å². The lowest BCUT2D eigenvalue weighted by Crippen LogP contribution is -2.57. The van der Waals surface area contributed by atoms with E-state index in [2.05, 4.69) is 26.1 Å². The number of anilines is 2. The van der Waals surface area contributed by atoms with Crippen molar-refractivity contribution in [3.8, 4) is 0 Å². The Kier molecular flexibility index (Phi) is 3.21. The van der Waals surface area contributed by atoms with Crippen molar-refractivity contribution >= 4 is 11.5 Å². The second-order valence-corrected chi connectivity index (χ2v) is 7.09. The van der Waals surface area contributed by atoms with Crippen LogP contribution in [0.25, 0.3) is 0 Å². The van der Waals surface area contributed by atoms with Crippen LogP contribution in [0.3, 0.4) is 0 Å². The van der Waals surface area contributed by atoms with Gasteiger partial charge in [-0.1, -0.05) is 0 Å². The van der Waals surface area contributed by atoms with Gasteiger partial charge < -0.3 is 25.0 Å². The number of ether oxygens (including phenoxy) is 2. The van der Waals surface area contributed by atoms with E-state index in [0.29, 0.717) is 30.8 Å². The average Bonchev–Trinajstić information content (AvgIpc) is 2.82. The van der Waals surface area contributed by atoms with Gasteiger partial charge in [-0.05, 0) is 12.8 Å². The zero-order chi connectivity index (χ0) is 15.4. The largest absolute Gasteiger partial charge is 0.377 e. The van der Waals surface area contributed by atoms with Crippen molar-refractivity contribution in [2.24, 2.45) is 5.73 Å². The standard InChI is InChI=1S/C16H23N5O2/c17-5-14-15(21-10-1-2-11(21)9-22-8-10)4-16(19-18-14)20-6-12-3-13(7-20)23-12/h4,10-13H,1-3,5-9,17H2. The first-order chi connectivity index (χ1) is 11.3. The molecule has 4 unspecified atom stereocenters. The minimum Gasteiger partial charge on any atom is -0.377 e. The Morgan fingerprint density at radius 3 is 2.48 bits per heavy atom. The lowest BCUT2D eigenvalue weighted by atomic mass is 9.99. The molecule has 6 heterocycles. The van der Waals surface area contributed by atoms with Crippen LogP contribution in [0, 0.1) is 0 Å². The minimum atomic E-state index is 0.368. The predicted molar refractivity (Wildman–Crippen MR) is 85.5 cm³/mol. The van der Waals surface area contributed by atoms with Crippen LogP contribution in [0.15, 0.2) is 6.07 Å². The number of piperidine rings is 1. The Hall–Kier alpha value is -1.44. The number of rotatable bonds is 3. The lowest BCUT2D eigenvalue weighted by Gasteiger charge is -2.47. The maximum Gasteiger partial charge on any atom is 0.153 e. The number of aromatic nitrogens is 2. The predicted octanol–water partition coefficient (Wildman–Crippen LogP) is 0.280. The molecule has 7 nitrogen and oxygen atoms in total. The van der Waals surface area contributed by atoms with Gasteiger partial charge in [0.15, 0.2) is 5.82 Å². The van der Waals surface area contributed by atoms with Gasteiger partial charge in [0.25, 0.3) is 0 Å². The highest BCUT2D eigenvalue weighted by Crippen LogP contribution is 2.37. The smallest absolute Gasteiger partial charge is 0.153 e. The average molecular weight is 317 g/mol. The van der Waals surface area contributed by atoms with Crippen LogP contribution in [0.1, 0.15) is 25.0 Å². The molecule has 6 rings (SSSR count). The maximum absolute atomic E-state index is 5.93. The quantitative estimate of drug-likeness (QED) is 0.858. The van der Waals surface area contributed by atoms with Crippen LogP contribution in [-0.4, -0.2) is 60.8 Å². The molecule has 1 aromatic rings. The molecule has 0 spiro atoms. The molecule has 7 heteroatoms. The van der Waals surface area contributed by atoms with Gasteiger partial charge in [-0.25, -0.2) is 0 Å². The van der Waals surface area contributed by atoms with Crippen LogP contribution in [-0.2, 0) is 16.0 Å². The lowest BCUT2D eigenvalue weighted by molar-refractivity contribution is -0.133. The summed E-state index contributed by atoms with van der Waals surface area (Å²) in [5.74, 6) is 0.959. The van der Waals surface area contributed by atoms with E-state index in [4.69, 9.17) is 15.2 Å². The van der Waals surface area contributed by atoms with Crippen molar-refractivity contribution in [1.29, 1.82) is 0 Å². The molecule has 5 fully saturated rings. The molecule has 4 atom stereocenters. The first-order valence-corrected chi connectivity index (χ1v) is 8.65. The molecule has 0 saturated carbocycles. The van der Waals surface area contributed by atoms with Gasteiger partial charge in [0, 0.05) is 32.1 Å². The Morgan fingerprint density at radius 2 is 1.83 bits per heavy atom. The Bertz CT molecular complexity index is 580. The third-order valence-corrected chi connectivity index (χ3v) is 5.63. The maximum atomic E-state index is 5.93. The molecular weight excluding hydrogens is 294 g/mol. The SMILES string of the molecule is NCc1nnc(N2CC3CC(C2)O3)cc1N1C2CCC1COC2. The fraction of sp³-hybridized carbons (Fsp3) is 0.750. The summed E-state index contributed by atoms with van der Waals surface area (Å²) in [6.07, 6.45) is 4.30. The van der Waals surface area contributed by atoms with Crippen LogP contribution < -0.4 is 15.5 Å². The van der Waals surface area contributed by atoms with Crippen molar-refractivity contribution in [1.82, 2.24) is 10.2 Å². The third kappa shape index (κ3) is 2.21. The topological polar surface area (TPSA) is 76.7 Å². The van der Waals surface area contributed by atoms with Crippen molar-refractivity contribution in [3.05, 3.63) is 11.8 Å². The van der Waals surface area contributed by atoms with E-state index in [0.717, 1.165) is 43.5 Å². The second-order valence-electron chi connectivity index (χ2n) is 7.09. The van der Waals surface area contributed by atoms with Gasteiger partial charge in [-0.2, -0.15) is 0 Å². The highest BCUT2D eigenvalue weighted by atomic mass is 16.5.